The van der Waals surface area contributed by atoms with Crippen LogP contribution in [0, 0.1) is 18.3 Å². The average molecular weight is 392 g/mol. The number of ether oxygens (including phenoxy) is 3. The number of aryl methyl sites for hydroxylation is 1. The molecule has 2 aromatic rings. The molecule has 1 amide bonds. The third kappa shape index (κ3) is 2.83. The van der Waals surface area contributed by atoms with Gasteiger partial charge in [0.25, 0.3) is 0 Å². The number of nitrogens with zero attached hydrogens (tertiary/aromatic N) is 2. The topological polar surface area (TPSA) is 119 Å². The number of primary amides is 1. The van der Waals surface area contributed by atoms with E-state index >= 15 is 0 Å². The Balaban J connectivity index is 2.05. The summed E-state index contributed by atoms with van der Waals surface area (Å²) in [5.74, 6) is 0.0592. The number of aromatic nitrogens is 1. The Kier molecular flexibility index (Phi) is 4.51. The van der Waals surface area contributed by atoms with Crippen LogP contribution in [0.4, 0.5) is 5.69 Å². The average Bonchev–Trinajstić information content (AvgIpc) is 3.18. The fourth-order valence-electron chi connectivity index (χ4n) is 3.88. The normalized spacial score (nSPS) is 16.7. The summed E-state index contributed by atoms with van der Waals surface area (Å²) < 4.78 is 17.0. The first-order chi connectivity index (χ1) is 14.0. The summed E-state index contributed by atoms with van der Waals surface area (Å²) in [5.41, 5.74) is 10.3. The Morgan fingerprint density at radius 3 is 2.83 bits per heavy atom. The second-order valence-electron chi connectivity index (χ2n) is 6.81. The summed E-state index contributed by atoms with van der Waals surface area (Å²) in [5, 5.41) is 12.7. The quantitative estimate of drug-likeness (QED) is 0.821. The molecule has 1 aromatic heterocycles. The van der Waals surface area contributed by atoms with Gasteiger partial charge in [-0.2, -0.15) is 5.26 Å². The van der Waals surface area contributed by atoms with Crippen molar-refractivity contribution in [1.82, 2.24) is 4.98 Å². The van der Waals surface area contributed by atoms with Gasteiger partial charge in [-0.3, -0.25) is 4.79 Å². The second-order valence-corrected chi connectivity index (χ2v) is 6.81. The Bertz CT molecular complexity index is 1100. The van der Waals surface area contributed by atoms with Gasteiger partial charge in [-0.1, -0.05) is 6.07 Å². The molecule has 1 atom stereocenters. The van der Waals surface area contributed by atoms with Crippen LogP contribution in [0.15, 0.2) is 29.6 Å². The SMILES string of the molecule is CCOc1ncc(C)c2c1[C@@H](c1ccc(C#N)c3c1OCO3)C(C(N)=O)=C(C)N2. The Labute approximate surface area is 167 Å². The molecule has 2 aliphatic rings. The first kappa shape index (κ1) is 18.6. The van der Waals surface area contributed by atoms with Crippen LogP contribution in [0.3, 0.4) is 0 Å². The Morgan fingerprint density at radius 2 is 2.14 bits per heavy atom. The highest BCUT2D eigenvalue weighted by Crippen LogP contribution is 2.51. The number of hydrogen-bond acceptors (Lipinski definition) is 7. The molecule has 8 heteroatoms. The number of carbonyl (C=O) groups excluding carboxylic acids is 1. The zero-order valence-electron chi connectivity index (χ0n) is 16.3. The molecule has 0 saturated heterocycles. The molecule has 0 bridgehead atoms. The van der Waals surface area contributed by atoms with Crippen molar-refractivity contribution in [3.63, 3.8) is 0 Å². The number of fused-ring (bicyclic) bond motifs is 2. The lowest BCUT2D eigenvalue weighted by atomic mass is 9.79. The van der Waals surface area contributed by atoms with E-state index in [1.54, 1.807) is 25.3 Å². The highest BCUT2D eigenvalue weighted by molar-refractivity contribution is 5.98. The number of rotatable bonds is 4. The maximum atomic E-state index is 12.5. The van der Waals surface area contributed by atoms with Crippen LogP contribution in [0.25, 0.3) is 0 Å². The summed E-state index contributed by atoms with van der Waals surface area (Å²) in [6.45, 7) is 6.01. The minimum absolute atomic E-state index is 0.00214. The molecular weight excluding hydrogens is 372 g/mol. The first-order valence-electron chi connectivity index (χ1n) is 9.20. The molecule has 3 heterocycles. The number of allylic oxidation sites excluding steroid dienone is 1. The summed E-state index contributed by atoms with van der Waals surface area (Å²) >= 11 is 0. The molecule has 0 spiro atoms. The van der Waals surface area contributed by atoms with Gasteiger partial charge in [0.05, 0.1) is 29.3 Å². The molecule has 29 heavy (non-hydrogen) atoms. The third-order valence-electron chi connectivity index (χ3n) is 5.09. The number of nitrogens with two attached hydrogens (primary N) is 1. The predicted octanol–water partition coefficient (Wildman–Crippen LogP) is 2.71. The number of pyridine rings is 1. The number of nitrogens with one attached hydrogen (secondary N) is 1. The van der Waals surface area contributed by atoms with Crippen molar-refractivity contribution in [2.45, 2.75) is 26.7 Å². The fourth-order valence-corrected chi connectivity index (χ4v) is 3.88. The van der Waals surface area contributed by atoms with Gasteiger partial charge in [0.1, 0.15) is 6.07 Å². The van der Waals surface area contributed by atoms with Gasteiger partial charge in [-0.15, -0.1) is 0 Å². The van der Waals surface area contributed by atoms with E-state index in [0.717, 1.165) is 11.3 Å². The minimum atomic E-state index is -0.583. The summed E-state index contributed by atoms with van der Waals surface area (Å²) in [7, 11) is 0. The van der Waals surface area contributed by atoms with Gasteiger partial charge in [0.2, 0.25) is 18.6 Å². The zero-order chi connectivity index (χ0) is 20.7. The van der Waals surface area contributed by atoms with Crippen molar-refractivity contribution >= 4 is 11.6 Å². The fraction of sp³-hybridized carbons (Fsp3) is 0.286. The van der Waals surface area contributed by atoms with E-state index in [9.17, 15) is 10.1 Å². The van der Waals surface area contributed by atoms with E-state index in [1.807, 2.05) is 13.8 Å². The highest BCUT2D eigenvalue weighted by Gasteiger charge is 2.39. The molecule has 8 nitrogen and oxygen atoms in total. The molecule has 4 rings (SSSR count). The van der Waals surface area contributed by atoms with E-state index < -0.39 is 11.8 Å². The van der Waals surface area contributed by atoms with Crippen LogP contribution >= 0.6 is 0 Å². The largest absolute Gasteiger partial charge is 0.478 e. The van der Waals surface area contributed by atoms with E-state index in [1.165, 1.54) is 0 Å². The van der Waals surface area contributed by atoms with Gasteiger partial charge in [-0.25, -0.2) is 4.98 Å². The van der Waals surface area contributed by atoms with Crippen LogP contribution in [0.1, 0.15) is 42.0 Å². The molecular formula is C21H20N4O4. The number of nitriles is 1. The van der Waals surface area contributed by atoms with E-state index in [0.29, 0.717) is 51.9 Å². The van der Waals surface area contributed by atoms with Crippen molar-refractivity contribution in [1.29, 1.82) is 5.26 Å². The third-order valence-corrected chi connectivity index (χ3v) is 5.09. The zero-order valence-corrected chi connectivity index (χ0v) is 16.3. The molecule has 1 aromatic carbocycles. The van der Waals surface area contributed by atoms with Gasteiger partial charge in [0.15, 0.2) is 11.5 Å². The summed E-state index contributed by atoms with van der Waals surface area (Å²) in [6.07, 6.45) is 1.72. The van der Waals surface area contributed by atoms with Crippen LogP contribution < -0.4 is 25.3 Å². The van der Waals surface area contributed by atoms with Crippen LogP contribution in [-0.4, -0.2) is 24.3 Å². The molecule has 0 aliphatic carbocycles. The van der Waals surface area contributed by atoms with Crippen LogP contribution in [0.5, 0.6) is 17.4 Å². The van der Waals surface area contributed by atoms with Gasteiger partial charge >= 0.3 is 0 Å². The monoisotopic (exact) mass is 392 g/mol. The second kappa shape index (κ2) is 7.02. The number of carbonyl (C=O) groups is 1. The predicted molar refractivity (Wildman–Crippen MR) is 105 cm³/mol. The first-order valence-corrected chi connectivity index (χ1v) is 9.20. The molecule has 0 saturated carbocycles. The van der Waals surface area contributed by atoms with Crippen LogP contribution in [-0.2, 0) is 4.79 Å². The van der Waals surface area contributed by atoms with Gasteiger partial charge in [-0.05, 0) is 32.4 Å². The van der Waals surface area contributed by atoms with Crippen molar-refractivity contribution in [2.24, 2.45) is 5.73 Å². The lowest BCUT2D eigenvalue weighted by molar-refractivity contribution is -0.114. The van der Waals surface area contributed by atoms with E-state index in [-0.39, 0.29) is 6.79 Å². The number of benzene rings is 1. The lowest BCUT2D eigenvalue weighted by Gasteiger charge is -2.32. The van der Waals surface area contributed by atoms with Crippen molar-refractivity contribution in [3.05, 3.63) is 51.9 Å². The molecule has 3 N–H and O–H groups in total. The van der Waals surface area contributed by atoms with Gasteiger partial charge in [0, 0.05) is 23.0 Å². The van der Waals surface area contributed by atoms with Crippen molar-refractivity contribution in [3.8, 4) is 23.4 Å². The highest BCUT2D eigenvalue weighted by atomic mass is 16.7. The molecule has 2 aliphatic heterocycles. The standard InChI is InChI=1S/C21H20N4O4/c1-4-27-21-16-15(13-6-5-12(7-22)18-19(13)29-9-28-18)14(20(23)26)11(3)25-17(16)10(2)8-24-21/h5-6,8,15,25H,4,9H2,1-3H3,(H2,23,26)/t15-/m0/s1. The number of anilines is 1. The van der Waals surface area contributed by atoms with Crippen molar-refractivity contribution in [2.75, 3.05) is 18.7 Å². The Hall–Kier alpha value is -3.73. The molecule has 0 unspecified atom stereocenters. The van der Waals surface area contributed by atoms with Crippen LogP contribution in [0.2, 0.25) is 0 Å². The molecule has 0 radical (unpaired) electrons. The molecule has 148 valence electrons. The Morgan fingerprint density at radius 1 is 1.38 bits per heavy atom. The van der Waals surface area contributed by atoms with Gasteiger partial charge < -0.3 is 25.3 Å². The van der Waals surface area contributed by atoms with Crippen molar-refractivity contribution < 1.29 is 19.0 Å². The molecule has 0 fully saturated rings. The minimum Gasteiger partial charge on any atom is -0.478 e. The van der Waals surface area contributed by atoms with E-state index in [2.05, 4.69) is 16.4 Å². The smallest absolute Gasteiger partial charge is 0.247 e. The summed E-state index contributed by atoms with van der Waals surface area (Å²) in [6, 6.07) is 5.52. The number of hydrogen-bond donors (Lipinski definition) is 2. The van der Waals surface area contributed by atoms with E-state index in [4.69, 9.17) is 19.9 Å². The maximum Gasteiger partial charge on any atom is 0.247 e. The lowest BCUT2D eigenvalue weighted by Crippen LogP contribution is -2.28. The number of amides is 1. The maximum absolute atomic E-state index is 12.5. The summed E-state index contributed by atoms with van der Waals surface area (Å²) in [4.78, 5) is 16.9.